The Morgan fingerprint density at radius 2 is 1.88 bits per heavy atom. The van der Waals surface area contributed by atoms with Crippen molar-refractivity contribution in [2.75, 3.05) is 24.6 Å². The summed E-state index contributed by atoms with van der Waals surface area (Å²) in [6.45, 7) is 5.56. The Kier molecular flexibility index (Phi) is 9.17. The van der Waals surface area contributed by atoms with Crippen LogP contribution in [0.5, 0.6) is 5.75 Å². The molecule has 4 aliphatic rings. The van der Waals surface area contributed by atoms with Gasteiger partial charge in [-0.25, -0.2) is 13.1 Å². The summed E-state index contributed by atoms with van der Waals surface area (Å²) in [7, 11) is -3.87. The largest absolute Gasteiger partial charge is 0.487 e. The number of carbonyl (C=O) groups excluding carboxylic acids is 1. The summed E-state index contributed by atoms with van der Waals surface area (Å²) in [4.78, 5) is 15.6. The van der Waals surface area contributed by atoms with Gasteiger partial charge in [-0.05, 0) is 105 Å². The molecule has 5 rings (SSSR count). The summed E-state index contributed by atoms with van der Waals surface area (Å²) in [6, 6.07) is 5.23. The van der Waals surface area contributed by atoms with E-state index in [2.05, 4.69) is 15.7 Å². The van der Waals surface area contributed by atoms with Crippen LogP contribution in [0.3, 0.4) is 0 Å². The maximum Gasteiger partial charge on any atom is 0.264 e. The predicted octanol–water partition coefficient (Wildman–Crippen LogP) is 5.78. The molecule has 1 aromatic carbocycles. The van der Waals surface area contributed by atoms with Crippen molar-refractivity contribution in [3.8, 4) is 5.75 Å². The zero-order valence-electron chi connectivity index (χ0n) is 23.6. The van der Waals surface area contributed by atoms with Crippen molar-refractivity contribution in [2.45, 2.75) is 83.0 Å². The lowest BCUT2D eigenvalue weighted by Crippen LogP contribution is -2.44. The molecule has 2 heterocycles. The van der Waals surface area contributed by atoms with E-state index >= 15 is 0 Å². The van der Waals surface area contributed by atoms with E-state index in [0.29, 0.717) is 42.6 Å². The van der Waals surface area contributed by atoms with Crippen LogP contribution in [0.15, 0.2) is 41.0 Å². The zero-order valence-corrected chi connectivity index (χ0v) is 25.2. The van der Waals surface area contributed by atoms with Crippen molar-refractivity contribution in [1.29, 1.82) is 0 Å². The molecule has 0 aromatic heterocycles. The number of nitrogens with one attached hydrogen (secondary N) is 1. The molecule has 9 heteroatoms. The van der Waals surface area contributed by atoms with Crippen LogP contribution >= 0.6 is 11.6 Å². The number of hydrogen-bond acceptors (Lipinski definition) is 6. The number of halogens is 1. The number of hydrogen-bond donors (Lipinski definition) is 2. The number of allylic oxidation sites excluding steroid dienone is 3. The first-order valence-electron chi connectivity index (χ1n) is 14.9. The minimum atomic E-state index is -3.87. The van der Waals surface area contributed by atoms with Crippen LogP contribution in [0.25, 0.3) is 0 Å². The molecule has 0 saturated heterocycles. The number of fused-ring (bicyclic) bond motifs is 3. The highest BCUT2D eigenvalue weighted by Crippen LogP contribution is 2.42. The highest BCUT2D eigenvalue weighted by Gasteiger charge is 2.38. The Hall–Kier alpha value is -2.03. The molecule has 1 fully saturated rings. The maximum atomic E-state index is 13.3. The molecule has 1 amide bonds. The summed E-state index contributed by atoms with van der Waals surface area (Å²) >= 11 is 6.37. The Labute approximate surface area is 244 Å². The van der Waals surface area contributed by atoms with Crippen LogP contribution in [-0.4, -0.2) is 50.5 Å². The molecule has 1 saturated carbocycles. The third-order valence-electron chi connectivity index (χ3n) is 9.74. The molecule has 220 valence electrons. The maximum absolute atomic E-state index is 13.3. The van der Waals surface area contributed by atoms with Crippen LogP contribution in [0, 0.1) is 23.7 Å². The predicted molar refractivity (Wildman–Crippen MR) is 159 cm³/mol. The van der Waals surface area contributed by atoms with Crippen molar-refractivity contribution >= 4 is 33.2 Å². The highest BCUT2D eigenvalue weighted by atomic mass is 35.5. The average molecular weight is 591 g/mol. The zero-order chi connectivity index (χ0) is 28.4. The second kappa shape index (κ2) is 12.5. The minimum absolute atomic E-state index is 0.137. The molecule has 1 unspecified atom stereocenters. The average Bonchev–Trinajstić information content (AvgIpc) is 2.92. The molecule has 2 aliphatic carbocycles. The van der Waals surface area contributed by atoms with E-state index in [1.165, 1.54) is 5.57 Å². The van der Waals surface area contributed by atoms with Crippen molar-refractivity contribution in [3.63, 3.8) is 0 Å². The van der Waals surface area contributed by atoms with Gasteiger partial charge in [0.2, 0.25) is 10.0 Å². The van der Waals surface area contributed by atoms with E-state index in [-0.39, 0.29) is 17.9 Å². The van der Waals surface area contributed by atoms with Crippen LogP contribution in [0.1, 0.15) is 82.0 Å². The standard InChI is InChI=1S/C31H43ClN2O5S/c1-20-6-5-8-29(35)27-13-10-24(27)18-34-15-4-3-7-22-16-26(32)12-9-25(22)19-39-30-14-11-23(17-28(30)34)31(36)33-40(37,38)21(20)2/h9,11-12,14,17,20-22,24,27,29,35H,3-8,10,13,15-16,18-19H2,1-2H3,(H,33,36)/t20-,21+,22?,24-,27+,29-/m0/s1. The first-order chi connectivity index (χ1) is 19.1. The molecule has 40 heavy (non-hydrogen) atoms. The number of benzene rings is 1. The minimum Gasteiger partial charge on any atom is -0.487 e. The molecule has 2 aliphatic heterocycles. The molecule has 0 radical (unpaired) electrons. The summed E-state index contributed by atoms with van der Waals surface area (Å²) in [5.41, 5.74) is 2.33. The number of amides is 1. The van der Waals surface area contributed by atoms with Crippen molar-refractivity contribution in [1.82, 2.24) is 4.72 Å². The first kappa shape index (κ1) is 29.5. The number of nitrogens with zero attached hydrogens (tertiary/aromatic N) is 1. The fourth-order valence-electron chi connectivity index (χ4n) is 6.71. The quantitative estimate of drug-likeness (QED) is 0.398. The van der Waals surface area contributed by atoms with Gasteiger partial charge in [-0.2, -0.15) is 0 Å². The van der Waals surface area contributed by atoms with Crippen LogP contribution < -0.4 is 14.4 Å². The van der Waals surface area contributed by atoms with Gasteiger partial charge in [0.1, 0.15) is 12.4 Å². The van der Waals surface area contributed by atoms with Gasteiger partial charge in [-0.3, -0.25) is 4.79 Å². The topological polar surface area (TPSA) is 95.9 Å². The number of rotatable bonds is 0. The molecule has 7 nitrogen and oxygen atoms in total. The molecule has 2 N–H and O–H groups in total. The van der Waals surface area contributed by atoms with E-state index in [1.807, 2.05) is 13.0 Å². The first-order valence-corrected chi connectivity index (χ1v) is 16.9. The van der Waals surface area contributed by atoms with E-state index in [4.69, 9.17) is 16.3 Å². The molecule has 2 bridgehead atoms. The Morgan fingerprint density at radius 1 is 1.05 bits per heavy atom. The van der Waals surface area contributed by atoms with Gasteiger partial charge in [0.05, 0.1) is 17.0 Å². The van der Waals surface area contributed by atoms with Gasteiger partial charge in [0.25, 0.3) is 5.91 Å². The highest BCUT2D eigenvalue weighted by molar-refractivity contribution is 7.90. The fraction of sp³-hybridized carbons (Fsp3) is 0.645. The Morgan fingerprint density at radius 3 is 2.65 bits per heavy atom. The van der Waals surface area contributed by atoms with Gasteiger partial charge < -0.3 is 14.7 Å². The summed E-state index contributed by atoms with van der Waals surface area (Å²) < 4.78 is 35.0. The molecule has 0 spiro atoms. The molecule has 6 atom stereocenters. The lowest BCUT2D eigenvalue weighted by atomic mass is 9.69. The number of aliphatic hydroxyl groups excluding tert-OH is 1. The van der Waals surface area contributed by atoms with Crippen LogP contribution in [0.2, 0.25) is 0 Å². The SMILES string of the molecule is C[C@@H]1[C@@H](C)CCC[C@H](O)[C@@H]2CC[C@H]2CN2CCCCC3CC(Cl)=CC=C3COc3ccc(cc32)C(=O)NS1(=O)=O. The lowest BCUT2D eigenvalue weighted by Gasteiger charge is -2.43. The van der Waals surface area contributed by atoms with Gasteiger partial charge in [0.15, 0.2) is 0 Å². The monoisotopic (exact) mass is 590 g/mol. The third-order valence-corrected chi connectivity index (χ3v) is 11.9. The van der Waals surface area contributed by atoms with Gasteiger partial charge in [-0.1, -0.05) is 37.4 Å². The number of anilines is 1. The van der Waals surface area contributed by atoms with Crippen molar-refractivity contribution < 1.29 is 23.1 Å². The van der Waals surface area contributed by atoms with Crippen LogP contribution in [0.4, 0.5) is 5.69 Å². The fourth-order valence-corrected chi connectivity index (χ4v) is 8.27. The summed E-state index contributed by atoms with van der Waals surface area (Å²) in [5, 5.41) is 11.2. The molecule has 1 aromatic rings. The van der Waals surface area contributed by atoms with Crippen molar-refractivity contribution in [3.05, 3.63) is 46.5 Å². The number of carbonyl (C=O) groups is 1. The number of aliphatic hydroxyl groups is 1. The van der Waals surface area contributed by atoms with E-state index < -0.39 is 21.2 Å². The Balaban J connectivity index is 1.51. The summed E-state index contributed by atoms with van der Waals surface area (Å²) in [5.74, 6) is 0.883. The van der Waals surface area contributed by atoms with E-state index in [1.54, 1.807) is 25.1 Å². The number of sulfonamides is 1. The van der Waals surface area contributed by atoms with Gasteiger partial charge >= 0.3 is 0 Å². The van der Waals surface area contributed by atoms with Gasteiger partial charge in [-0.15, -0.1) is 0 Å². The van der Waals surface area contributed by atoms with Crippen LogP contribution in [-0.2, 0) is 10.0 Å². The van der Waals surface area contributed by atoms with Crippen molar-refractivity contribution in [2.24, 2.45) is 23.7 Å². The van der Waals surface area contributed by atoms with Gasteiger partial charge in [0, 0.05) is 23.7 Å². The molecular weight excluding hydrogens is 548 g/mol. The smallest absolute Gasteiger partial charge is 0.264 e. The summed E-state index contributed by atoms with van der Waals surface area (Å²) in [6.07, 6.45) is 11.7. The second-order valence-corrected chi connectivity index (χ2v) is 14.9. The van der Waals surface area contributed by atoms with E-state index in [9.17, 15) is 18.3 Å². The third kappa shape index (κ3) is 6.55. The van der Waals surface area contributed by atoms with E-state index in [0.717, 1.165) is 68.8 Å². The Bertz CT molecular complexity index is 1260. The number of ether oxygens (including phenoxy) is 1. The second-order valence-electron chi connectivity index (χ2n) is 12.3. The molecular formula is C31H43ClN2O5S. The lowest BCUT2D eigenvalue weighted by molar-refractivity contribution is 0.00888. The normalized spacial score (nSPS) is 33.4.